The highest BCUT2D eigenvalue weighted by atomic mass is 16.5. The van der Waals surface area contributed by atoms with Crippen LogP contribution in [0.25, 0.3) is 0 Å². The van der Waals surface area contributed by atoms with E-state index in [-0.39, 0.29) is 0 Å². The zero-order chi connectivity index (χ0) is 14.0. The van der Waals surface area contributed by atoms with E-state index in [0.29, 0.717) is 11.8 Å². The summed E-state index contributed by atoms with van der Waals surface area (Å²) in [6, 6.07) is 9.90. The maximum atomic E-state index is 6.41. The van der Waals surface area contributed by atoms with Crippen LogP contribution in [0, 0.1) is 0 Å². The molecule has 0 aliphatic heterocycles. The molecule has 1 aromatic heterocycles. The molecular weight excluding hydrogens is 250 g/mol. The predicted molar refractivity (Wildman–Crippen MR) is 77.2 cm³/mol. The lowest BCUT2D eigenvalue weighted by molar-refractivity contribution is 0.317. The van der Waals surface area contributed by atoms with Crippen molar-refractivity contribution in [2.24, 2.45) is 5.73 Å². The third-order valence-corrected chi connectivity index (χ3v) is 4.23. The van der Waals surface area contributed by atoms with E-state index < -0.39 is 5.54 Å². The lowest BCUT2D eigenvalue weighted by atomic mass is 9.88. The molecule has 1 heterocycles. The van der Waals surface area contributed by atoms with Gasteiger partial charge in [-0.05, 0) is 25.3 Å². The lowest BCUT2D eigenvalue weighted by Gasteiger charge is -2.20. The number of hydrogen-bond acceptors (Lipinski definition) is 4. The first-order valence-corrected chi connectivity index (χ1v) is 7.36. The minimum absolute atomic E-state index is 0.438. The Morgan fingerprint density at radius 1 is 1.15 bits per heavy atom. The Labute approximate surface area is 119 Å². The molecule has 3 rings (SSSR count). The first kappa shape index (κ1) is 13.3. The van der Waals surface area contributed by atoms with Gasteiger partial charge in [0, 0.05) is 5.92 Å². The van der Waals surface area contributed by atoms with Crippen molar-refractivity contribution in [1.29, 1.82) is 0 Å². The van der Waals surface area contributed by atoms with E-state index in [0.717, 1.165) is 24.2 Å². The molecule has 0 bridgehead atoms. The van der Waals surface area contributed by atoms with Crippen molar-refractivity contribution in [2.45, 2.75) is 50.5 Å². The molecule has 1 fully saturated rings. The maximum Gasteiger partial charge on any atom is 0.251 e. The van der Waals surface area contributed by atoms with E-state index in [1.54, 1.807) is 0 Å². The molecule has 0 amide bonds. The van der Waals surface area contributed by atoms with Crippen LogP contribution >= 0.6 is 0 Å². The van der Waals surface area contributed by atoms with Gasteiger partial charge in [0.05, 0.1) is 0 Å². The van der Waals surface area contributed by atoms with E-state index in [4.69, 9.17) is 10.3 Å². The first-order valence-electron chi connectivity index (χ1n) is 7.36. The topological polar surface area (TPSA) is 64.9 Å². The van der Waals surface area contributed by atoms with Crippen LogP contribution in [0.3, 0.4) is 0 Å². The van der Waals surface area contributed by atoms with Gasteiger partial charge in [-0.1, -0.05) is 54.8 Å². The number of benzene rings is 1. The smallest absolute Gasteiger partial charge is 0.251 e. The monoisotopic (exact) mass is 271 g/mol. The Kier molecular flexibility index (Phi) is 3.57. The molecule has 4 nitrogen and oxygen atoms in total. The Balaban J connectivity index is 1.85. The molecule has 1 aromatic carbocycles. The van der Waals surface area contributed by atoms with Gasteiger partial charge in [0.15, 0.2) is 5.82 Å². The number of nitrogens with zero attached hydrogens (tertiary/aromatic N) is 2. The molecule has 0 radical (unpaired) electrons. The standard InChI is InChI=1S/C16H21N3O/c1-16(17,13-10-6-3-7-11-13)15-18-14(19-20-15)12-8-4-2-5-9-12/h3,6-7,10-12H,2,4-5,8-9,17H2,1H3. The van der Waals surface area contributed by atoms with Crippen LogP contribution in [-0.2, 0) is 5.54 Å². The summed E-state index contributed by atoms with van der Waals surface area (Å²) in [6.07, 6.45) is 6.15. The quantitative estimate of drug-likeness (QED) is 0.929. The molecule has 1 aliphatic rings. The van der Waals surface area contributed by atoms with Gasteiger partial charge in [-0.25, -0.2) is 0 Å². The summed E-state index contributed by atoms with van der Waals surface area (Å²) in [5, 5.41) is 4.17. The fourth-order valence-corrected chi connectivity index (χ4v) is 2.88. The molecular formula is C16H21N3O. The number of nitrogens with two attached hydrogens (primary N) is 1. The molecule has 0 spiro atoms. The van der Waals surface area contributed by atoms with E-state index in [2.05, 4.69) is 10.1 Å². The predicted octanol–water partition coefficient (Wildman–Crippen LogP) is 3.34. The zero-order valence-electron chi connectivity index (χ0n) is 11.9. The molecule has 2 N–H and O–H groups in total. The van der Waals surface area contributed by atoms with Crippen LogP contribution in [0.1, 0.15) is 62.2 Å². The fourth-order valence-electron chi connectivity index (χ4n) is 2.88. The Morgan fingerprint density at radius 3 is 2.55 bits per heavy atom. The van der Waals surface area contributed by atoms with Crippen molar-refractivity contribution in [2.75, 3.05) is 0 Å². The summed E-state index contributed by atoms with van der Waals surface area (Å²) >= 11 is 0. The Morgan fingerprint density at radius 2 is 1.85 bits per heavy atom. The highest BCUT2D eigenvalue weighted by Crippen LogP contribution is 2.32. The normalized spacial score (nSPS) is 19.7. The average Bonchev–Trinajstić information content (AvgIpc) is 3.00. The van der Waals surface area contributed by atoms with Gasteiger partial charge in [-0.3, -0.25) is 0 Å². The van der Waals surface area contributed by atoms with Gasteiger partial charge in [0.25, 0.3) is 5.89 Å². The second-order valence-corrected chi connectivity index (χ2v) is 5.86. The van der Waals surface area contributed by atoms with Gasteiger partial charge >= 0.3 is 0 Å². The fraction of sp³-hybridized carbons (Fsp3) is 0.500. The minimum Gasteiger partial charge on any atom is -0.337 e. The summed E-state index contributed by atoms with van der Waals surface area (Å²) < 4.78 is 5.45. The van der Waals surface area contributed by atoms with Gasteiger partial charge in [0.2, 0.25) is 0 Å². The third-order valence-electron chi connectivity index (χ3n) is 4.23. The Hall–Kier alpha value is -1.68. The van der Waals surface area contributed by atoms with Crippen molar-refractivity contribution in [1.82, 2.24) is 10.1 Å². The number of rotatable bonds is 3. The van der Waals surface area contributed by atoms with Crippen LogP contribution in [0.15, 0.2) is 34.9 Å². The second-order valence-electron chi connectivity index (χ2n) is 5.86. The second kappa shape index (κ2) is 5.37. The highest BCUT2D eigenvalue weighted by molar-refractivity contribution is 5.29. The van der Waals surface area contributed by atoms with Crippen LogP contribution in [-0.4, -0.2) is 10.1 Å². The lowest BCUT2D eigenvalue weighted by Crippen LogP contribution is -2.34. The molecule has 20 heavy (non-hydrogen) atoms. The van der Waals surface area contributed by atoms with Crippen molar-refractivity contribution in [3.63, 3.8) is 0 Å². The molecule has 0 saturated heterocycles. The molecule has 1 saturated carbocycles. The first-order chi connectivity index (χ1) is 9.68. The minimum atomic E-state index is -0.735. The van der Waals surface area contributed by atoms with Crippen molar-refractivity contribution < 1.29 is 4.52 Å². The maximum absolute atomic E-state index is 6.41. The molecule has 1 atom stereocenters. The molecule has 4 heteroatoms. The number of hydrogen-bond donors (Lipinski definition) is 1. The average molecular weight is 271 g/mol. The van der Waals surface area contributed by atoms with E-state index in [9.17, 15) is 0 Å². The third kappa shape index (κ3) is 2.48. The molecule has 2 aromatic rings. The zero-order valence-corrected chi connectivity index (χ0v) is 11.9. The molecule has 106 valence electrons. The van der Waals surface area contributed by atoms with Gasteiger partial charge in [-0.2, -0.15) is 4.98 Å². The van der Waals surface area contributed by atoms with Gasteiger partial charge in [0.1, 0.15) is 5.54 Å². The van der Waals surface area contributed by atoms with Crippen LogP contribution in [0.2, 0.25) is 0 Å². The summed E-state index contributed by atoms with van der Waals surface area (Å²) in [5.74, 6) is 1.77. The summed E-state index contributed by atoms with van der Waals surface area (Å²) in [4.78, 5) is 4.58. The van der Waals surface area contributed by atoms with E-state index in [1.165, 1.54) is 19.3 Å². The van der Waals surface area contributed by atoms with Crippen LogP contribution in [0.4, 0.5) is 0 Å². The van der Waals surface area contributed by atoms with Crippen LogP contribution < -0.4 is 5.73 Å². The largest absolute Gasteiger partial charge is 0.337 e. The van der Waals surface area contributed by atoms with E-state index >= 15 is 0 Å². The Bertz CT molecular complexity index is 556. The van der Waals surface area contributed by atoms with Crippen molar-refractivity contribution in [3.05, 3.63) is 47.6 Å². The number of aromatic nitrogens is 2. The highest BCUT2D eigenvalue weighted by Gasteiger charge is 2.32. The summed E-state index contributed by atoms with van der Waals surface area (Å²) in [5.41, 5.74) is 6.66. The summed E-state index contributed by atoms with van der Waals surface area (Å²) in [7, 11) is 0. The van der Waals surface area contributed by atoms with Crippen LogP contribution in [0.5, 0.6) is 0 Å². The van der Waals surface area contributed by atoms with Crippen molar-refractivity contribution in [3.8, 4) is 0 Å². The summed E-state index contributed by atoms with van der Waals surface area (Å²) in [6.45, 7) is 1.92. The van der Waals surface area contributed by atoms with Gasteiger partial charge < -0.3 is 10.3 Å². The van der Waals surface area contributed by atoms with E-state index in [1.807, 2.05) is 37.3 Å². The molecule has 1 unspecified atom stereocenters. The SMILES string of the molecule is CC(N)(c1ccccc1)c1nc(C2CCCCC2)no1. The molecule has 1 aliphatic carbocycles. The van der Waals surface area contributed by atoms with Gasteiger partial charge in [-0.15, -0.1) is 0 Å². The van der Waals surface area contributed by atoms with Crippen molar-refractivity contribution >= 4 is 0 Å².